The number of hydrogen-bond donors (Lipinski definition) is 0. The Bertz CT molecular complexity index is 611. The predicted molar refractivity (Wildman–Crippen MR) is 92.1 cm³/mol. The lowest BCUT2D eigenvalue weighted by molar-refractivity contribution is -0.123. The number of hydrogen-bond acceptors (Lipinski definition) is 4. The highest BCUT2D eigenvalue weighted by molar-refractivity contribution is 5.98. The quantitative estimate of drug-likeness (QED) is 0.847. The normalized spacial score (nSPS) is 19.1. The van der Waals surface area contributed by atoms with Crippen molar-refractivity contribution in [3.8, 4) is 0 Å². The van der Waals surface area contributed by atoms with Gasteiger partial charge in [-0.25, -0.2) is 4.79 Å². The third-order valence-electron chi connectivity index (χ3n) is 4.90. The smallest absolute Gasteiger partial charge is 0.409 e. The molecule has 0 aromatic heterocycles. The van der Waals surface area contributed by atoms with Gasteiger partial charge in [-0.2, -0.15) is 0 Å². The van der Waals surface area contributed by atoms with Crippen LogP contribution in [0.4, 0.5) is 10.5 Å². The first kappa shape index (κ1) is 16.8. The summed E-state index contributed by atoms with van der Waals surface area (Å²) >= 11 is 0. The molecule has 1 aromatic carbocycles. The van der Waals surface area contributed by atoms with Crippen LogP contribution in [0.1, 0.15) is 19.4 Å². The first-order valence-corrected chi connectivity index (χ1v) is 8.67. The van der Waals surface area contributed by atoms with E-state index in [4.69, 9.17) is 4.74 Å². The van der Waals surface area contributed by atoms with E-state index in [2.05, 4.69) is 11.0 Å². The van der Waals surface area contributed by atoms with Crippen molar-refractivity contribution in [1.82, 2.24) is 9.80 Å². The molecule has 2 heterocycles. The fourth-order valence-corrected chi connectivity index (χ4v) is 3.46. The monoisotopic (exact) mass is 331 g/mol. The van der Waals surface area contributed by atoms with E-state index in [1.165, 1.54) is 5.56 Å². The summed E-state index contributed by atoms with van der Waals surface area (Å²) in [6.07, 6.45) is 0.662. The van der Waals surface area contributed by atoms with E-state index in [-0.39, 0.29) is 18.0 Å². The Kier molecular flexibility index (Phi) is 5.04. The Hall–Kier alpha value is -2.08. The molecule has 0 spiro atoms. The van der Waals surface area contributed by atoms with E-state index >= 15 is 0 Å². The molecule has 0 aliphatic carbocycles. The Morgan fingerprint density at radius 2 is 1.83 bits per heavy atom. The van der Waals surface area contributed by atoms with E-state index < -0.39 is 0 Å². The molecule has 6 nitrogen and oxygen atoms in total. The number of para-hydroxylation sites is 1. The minimum Gasteiger partial charge on any atom is -0.450 e. The van der Waals surface area contributed by atoms with Gasteiger partial charge in [0.15, 0.2) is 0 Å². The molecule has 6 heteroatoms. The number of piperazine rings is 1. The molecular weight excluding hydrogens is 306 g/mol. The van der Waals surface area contributed by atoms with Crippen molar-refractivity contribution in [3.05, 3.63) is 29.8 Å². The number of nitrogens with zero attached hydrogens (tertiary/aromatic N) is 3. The molecule has 1 saturated heterocycles. The third kappa shape index (κ3) is 3.24. The molecule has 0 bridgehead atoms. The minimum absolute atomic E-state index is 0.143. The second-order valence-corrected chi connectivity index (χ2v) is 6.27. The first-order chi connectivity index (χ1) is 11.6. The van der Waals surface area contributed by atoms with Gasteiger partial charge in [-0.05, 0) is 31.9 Å². The van der Waals surface area contributed by atoms with Gasteiger partial charge >= 0.3 is 6.09 Å². The Balaban J connectivity index is 1.59. The van der Waals surface area contributed by atoms with E-state index in [1.807, 2.05) is 36.9 Å². The molecule has 2 aliphatic rings. The average Bonchev–Trinajstić information content (AvgIpc) is 3.05. The number of fused-ring (bicyclic) bond motifs is 1. The maximum atomic E-state index is 12.9. The molecule has 0 radical (unpaired) electrons. The number of carbonyl (C=O) groups excluding carboxylic acids is 2. The molecular formula is C18H25N3O3. The van der Waals surface area contributed by atoms with Crippen molar-refractivity contribution in [3.63, 3.8) is 0 Å². The van der Waals surface area contributed by atoms with Crippen LogP contribution in [-0.4, -0.2) is 67.2 Å². The zero-order valence-electron chi connectivity index (χ0n) is 14.4. The molecule has 0 N–H and O–H groups in total. The van der Waals surface area contributed by atoms with Crippen LogP contribution in [0.2, 0.25) is 0 Å². The SMILES string of the molecule is CCOC(=O)N1CCN(C(C)C(=O)N2CCc3ccccc32)CC1. The second-order valence-electron chi connectivity index (χ2n) is 6.27. The highest BCUT2D eigenvalue weighted by atomic mass is 16.6. The summed E-state index contributed by atoms with van der Waals surface area (Å²) in [5.41, 5.74) is 2.28. The van der Waals surface area contributed by atoms with Crippen LogP contribution in [0.3, 0.4) is 0 Å². The highest BCUT2D eigenvalue weighted by Crippen LogP contribution is 2.28. The summed E-state index contributed by atoms with van der Waals surface area (Å²) in [4.78, 5) is 30.4. The summed E-state index contributed by atoms with van der Waals surface area (Å²) in [7, 11) is 0. The molecule has 130 valence electrons. The first-order valence-electron chi connectivity index (χ1n) is 8.67. The number of anilines is 1. The average molecular weight is 331 g/mol. The molecule has 2 amide bonds. The van der Waals surface area contributed by atoms with Crippen LogP contribution in [0.15, 0.2) is 24.3 Å². The van der Waals surface area contributed by atoms with Crippen LogP contribution >= 0.6 is 0 Å². The van der Waals surface area contributed by atoms with Gasteiger partial charge in [0.05, 0.1) is 12.6 Å². The lowest BCUT2D eigenvalue weighted by atomic mass is 10.1. The van der Waals surface area contributed by atoms with Crippen molar-refractivity contribution < 1.29 is 14.3 Å². The number of benzene rings is 1. The van der Waals surface area contributed by atoms with Crippen molar-refractivity contribution >= 4 is 17.7 Å². The van der Waals surface area contributed by atoms with Gasteiger partial charge in [0.25, 0.3) is 0 Å². The zero-order valence-corrected chi connectivity index (χ0v) is 14.4. The second kappa shape index (κ2) is 7.21. The lowest BCUT2D eigenvalue weighted by Gasteiger charge is -2.38. The molecule has 2 aliphatic heterocycles. The van der Waals surface area contributed by atoms with E-state index in [0.717, 1.165) is 18.7 Å². The number of rotatable bonds is 3. The summed E-state index contributed by atoms with van der Waals surface area (Å²) in [5.74, 6) is 0.143. The van der Waals surface area contributed by atoms with Gasteiger partial charge < -0.3 is 14.5 Å². The fourth-order valence-electron chi connectivity index (χ4n) is 3.46. The van der Waals surface area contributed by atoms with Gasteiger partial charge in [-0.1, -0.05) is 18.2 Å². The number of amides is 2. The minimum atomic E-state index is -0.260. The molecule has 1 fully saturated rings. The molecule has 1 unspecified atom stereocenters. The van der Waals surface area contributed by atoms with Gasteiger partial charge in [-0.3, -0.25) is 9.69 Å². The maximum Gasteiger partial charge on any atom is 0.409 e. The molecule has 0 saturated carbocycles. The van der Waals surface area contributed by atoms with Crippen LogP contribution in [0.25, 0.3) is 0 Å². The Morgan fingerprint density at radius 3 is 2.54 bits per heavy atom. The van der Waals surface area contributed by atoms with Crippen molar-refractivity contribution in [2.45, 2.75) is 26.3 Å². The predicted octanol–water partition coefficient (Wildman–Crippen LogP) is 1.74. The van der Waals surface area contributed by atoms with Gasteiger partial charge in [0, 0.05) is 38.4 Å². The summed E-state index contributed by atoms with van der Waals surface area (Å²) < 4.78 is 5.04. The van der Waals surface area contributed by atoms with E-state index in [1.54, 1.807) is 4.90 Å². The van der Waals surface area contributed by atoms with Crippen molar-refractivity contribution in [2.24, 2.45) is 0 Å². The third-order valence-corrected chi connectivity index (χ3v) is 4.90. The van der Waals surface area contributed by atoms with Crippen LogP contribution < -0.4 is 4.90 Å². The van der Waals surface area contributed by atoms with Gasteiger partial charge in [0.1, 0.15) is 0 Å². The highest BCUT2D eigenvalue weighted by Gasteiger charge is 2.33. The molecule has 1 aromatic rings. The molecule has 1 atom stereocenters. The number of carbonyl (C=O) groups is 2. The summed E-state index contributed by atoms with van der Waals surface area (Å²) in [6.45, 7) is 7.52. The summed E-state index contributed by atoms with van der Waals surface area (Å²) in [6, 6.07) is 7.93. The van der Waals surface area contributed by atoms with E-state index in [0.29, 0.717) is 32.8 Å². The van der Waals surface area contributed by atoms with E-state index in [9.17, 15) is 9.59 Å². The maximum absolute atomic E-state index is 12.9. The standard InChI is InChI=1S/C18H25N3O3/c1-3-24-18(23)20-12-10-19(11-13-20)14(2)17(22)21-9-8-15-6-4-5-7-16(15)21/h4-7,14H,3,8-13H2,1-2H3. The largest absolute Gasteiger partial charge is 0.450 e. The molecule has 24 heavy (non-hydrogen) atoms. The van der Waals surface area contributed by atoms with Crippen LogP contribution in [0.5, 0.6) is 0 Å². The van der Waals surface area contributed by atoms with Crippen LogP contribution in [-0.2, 0) is 16.0 Å². The zero-order chi connectivity index (χ0) is 17.1. The topological polar surface area (TPSA) is 53.1 Å². The van der Waals surface area contributed by atoms with Gasteiger partial charge in [0.2, 0.25) is 5.91 Å². The number of ether oxygens (including phenoxy) is 1. The van der Waals surface area contributed by atoms with Gasteiger partial charge in [-0.15, -0.1) is 0 Å². The van der Waals surface area contributed by atoms with Crippen molar-refractivity contribution in [1.29, 1.82) is 0 Å². The Morgan fingerprint density at radius 1 is 1.12 bits per heavy atom. The summed E-state index contributed by atoms with van der Waals surface area (Å²) in [5, 5.41) is 0. The molecule has 3 rings (SSSR count). The lowest BCUT2D eigenvalue weighted by Crippen LogP contribution is -2.55. The fraction of sp³-hybridized carbons (Fsp3) is 0.556. The van der Waals surface area contributed by atoms with Crippen molar-refractivity contribution in [2.75, 3.05) is 44.2 Å². The van der Waals surface area contributed by atoms with Crippen LogP contribution in [0, 0.1) is 0 Å². The Labute approximate surface area is 143 Å².